The van der Waals surface area contributed by atoms with Crippen molar-refractivity contribution in [1.29, 1.82) is 0 Å². The molecule has 21 heavy (non-hydrogen) atoms. The van der Waals surface area contributed by atoms with Gasteiger partial charge < -0.3 is 20.3 Å². The molecule has 0 rings (SSSR count). The van der Waals surface area contributed by atoms with Gasteiger partial charge in [0.15, 0.2) is 5.92 Å². The van der Waals surface area contributed by atoms with Crippen molar-refractivity contribution in [1.82, 2.24) is 0 Å². The number of aliphatic carboxylic acids is 1. The van der Waals surface area contributed by atoms with Crippen LogP contribution in [0.2, 0.25) is 0 Å². The predicted molar refractivity (Wildman–Crippen MR) is 75.4 cm³/mol. The van der Waals surface area contributed by atoms with Crippen LogP contribution in [0.3, 0.4) is 0 Å². The van der Waals surface area contributed by atoms with E-state index in [2.05, 4.69) is 0 Å². The van der Waals surface area contributed by atoms with Gasteiger partial charge in [0.2, 0.25) is 0 Å². The lowest BCUT2D eigenvalue weighted by molar-refractivity contribution is -0.175. The number of carboxylic acid groups (broad SMARTS) is 1. The van der Waals surface area contributed by atoms with Crippen LogP contribution >= 0.6 is 0 Å². The minimum atomic E-state index is -1.37. The zero-order chi connectivity index (χ0) is 17.0. The smallest absolute Gasteiger partial charge is 0.320 e. The van der Waals surface area contributed by atoms with Crippen molar-refractivity contribution in [2.75, 3.05) is 0 Å². The molecule has 0 aromatic heterocycles. The van der Waals surface area contributed by atoms with Gasteiger partial charge in [-0.1, -0.05) is 0 Å². The molecule has 0 aliphatic heterocycles. The fraction of sp³-hybridized carbons (Fsp3) is 0.786. The standard InChI is InChI=1S/C14H25NO6/c1-13(2,3)20-11(18)8(7-9(15)10(16)17)12(19)21-14(4,5)6/h8-9H,7,15H2,1-6H3,(H,16,17)/t9-/m0/s1. The van der Waals surface area contributed by atoms with Crippen molar-refractivity contribution >= 4 is 17.9 Å². The molecule has 0 bridgehead atoms. The maximum atomic E-state index is 12.1. The topological polar surface area (TPSA) is 116 Å². The molecule has 0 aromatic carbocycles. The van der Waals surface area contributed by atoms with E-state index in [9.17, 15) is 14.4 Å². The van der Waals surface area contributed by atoms with E-state index in [1.165, 1.54) is 0 Å². The first-order valence-corrected chi connectivity index (χ1v) is 6.67. The lowest BCUT2D eigenvalue weighted by atomic mass is 9.99. The van der Waals surface area contributed by atoms with Crippen molar-refractivity contribution in [2.45, 2.75) is 65.2 Å². The Bertz CT molecular complexity index is 377. The van der Waals surface area contributed by atoms with Gasteiger partial charge in [0.05, 0.1) is 0 Å². The molecule has 0 fully saturated rings. The fourth-order valence-electron chi connectivity index (χ4n) is 1.39. The lowest BCUT2D eigenvalue weighted by Crippen LogP contribution is -2.42. The van der Waals surface area contributed by atoms with E-state index in [0.29, 0.717) is 0 Å². The Morgan fingerprint density at radius 1 is 0.952 bits per heavy atom. The van der Waals surface area contributed by atoms with Gasteiger partial charge in [0.25, 0.3) is 0 Å². The second kappa shape index (κ2) is 6.89. The summed E-state index contributed by atoms with van der Waals surface area (Å²) < 4.78 is 10.3. The molecule has 122 valence electrons. The highest BCUT2D eigenvalue weighted by atomic mass is 16.6. The monoisotopic (exact) mass is 303 g/mol. The lowest BCUT2D eigenvalue weighted by Gasteiger charge is -2.26. The van der Waals surface area contributed by atoms with Gasteiger partial charge in [-0.15, -0.1) is 0 Å². The van der Waals surface area contributed by atoms with Gasteiger partial charge in [-0.2, -0.15) is 0 Å². The zero-order valence-electron chi connectivity index (χ0n) is 13.4. The van der Waals surface area contributed by atoms with Gasteiger partial charge in [0.1, 0.15) is 17.2 Å². The van der Waals surface area contributed by atoms with Gasteiger partial charge >= 0.3 is 17.9 Å². The Hall–Kier alpha value is -1.63. The van der Waals surface area contributed by atoms with Gasteiger partial charge in [0, 0.05) is 0 Å². The maximum Gasteiger partial charge on any atom is 0.320 e. The van der Waals surface area contributed by atoms with E-state index in [1.54, 1.807) is 41.5 Å². The van der Waals surface area contributed by atoms with Crippen molar-refractivity contribution in [3.05, 3.63) is 0 Å². The van der Waals surface area contributed by atoms with Crippen LogP contribution in [-0.2, 0) is 23.9 Å². The van der Waals surface area contributed by atoms with E-state index < -0.39 is 41.1 Å². The van der Waals surface area contributed by atoms with Crippen LogP contribution in [0.25, 0.3) is 0 Å². The summed E-state index contributed by atoms with van der Waals surface area (Å²) >= 11 is 0. The number of carbonyl (C=O) groups is 3. The average molecular weight is 303 g/mol. The van der Waals surface area contributed by atoms with Crippen LogP contribution in [0, 0.1) is 5.92 Å². The van der Waals surface area contributed by atoms with Crippen LogP contribution in [0.1, 0.15) is 48.0 Å². The van der Waals surface area contributed by atoms with E-state index in [-0.39, 0.29) is 6.42 Å². The molecule has 3 N–H and O–H groups in total. The summed E-state index contributed by atoms with van der Waals surface area (Å²) in [6.07, 6.45) is -0.376. The van der Waals surface area contributed by atoms with Crippen molar-refractivity contribution in [2.24, 2.45) is 11.7 Å². The van der Waals surface area contributed by atoms with Gasteiger partial charge in [-0.3, -0.25) is 14.4 Å². The molecule has 0 spiro atoms. The summed E-state index contributed by atoms with van der Waals surface area (Å²) in [6, 6.07) is -1.35. The molecule has 1 atom stereocenters. The quantitative estimate of drug-likeness (QED) is 0.576. The molecular formula is C14H25NO6. The molecule has 0 unspecified atom stereocenters. The number of nitrogens with two attached hydrogens (primary N) is 1. The molecule has 0 amide bonds. The first-order chi connectivity index (χ1) is 9.23. The second-order valence-corrected chi connectivity index (χ2v) is 6.80. The third-order valence-electron chi connectivity index (χ3n) is 2.19. The van der Waals surface area contributed by atoms with Crippen LogP contribution in [0.15, 0.2) is 0 Å². The molecule has 0 aliphatic carbocycles. The third-order valence-corrected chi connectivity index (χ3v) is 2.19. The predicted octanol–water partition coefficient (Wildman–Crippen LogP) is 1.09. The Labute approximate surface area is 124 Å². The molecule has 0 radical (unpaired) electrons. The Kier molecular flexibility index (Phi) is 6.35. The number of carboxylic acids is 1. The molecular weight excluding hydrogens is 278 g/mol. The molecule has 0 saturated carbocycles. The third kappa shape index (κ3) is 8.29. The number of ether oxygens (including phenoxy) is 2. The number of hydrogen-bond acceptors (Lipinski definition) is 6. The van der Waals surface area contributed by atoms with E-state index in [0.717, 1.165) is 0 Å². The van der Waals surface area contributed by atoms with Crippen LogP contribution in [-0.4, -0.2) is 40.3 Å². The van der Waals surface area contributed by atoms with E-state index in [4.69, 9.17) is 20.3 Å². The summed E-state index contributed by atoms with van der Waals surface area (Å²) in [6.45, 7) is 9.88. The molecule has 0 heterocycles. The SMILES string of the molecule is CC(C)(C)OC(=O)C(C[C@H](N)C(=O)O)C(=O)OC(C)(C)C. The summed E-state index contributed by atoms with van der Waals surface area (Å²) in [5, 5.41) is 8.83. The average Bonchev–Trinajstić information content (AvgIpc) is 2.19. The van der Waals surface area contributed by atoms with Gasteiger partial charge in [-0.25, -0.2) is 0 Å². The maximum absolute atomic E-state index is 12.1. The summed E-state index contributed by atoms with van der Waals surface area (Å²) in [5.74, 6) is -4.34. The summed E-state index contributed by atoms with van der Waals surface area (Å²) in [5.41, 5.74) is 3.80. The highest BCUT2D eigenvalue weighted by molar-refractivity contribution is 5.96. The molecule has 7 heteroatoms. The minimum absolute atomic E-state index is 0.376. The van der Waals surface area contributed by atoms with E-state index >= 15 is 0 Å². The Balaban J connectivity index is 5.13. The number of hydrogen-bond donors (Lipinski definition) is 2. The number of esters is 2. The van der Waals surface area contributed by atoms with Crippen LogP contribution in [0.4, 0.5) is 0 Å². The van der Waals surface area contributed by atoms with Gasteiger partial charge in [-0.05, 0) is 48.0 Å². The first-order valence-electron chi connectivity index (χ1n) is 6.67. The minimum Gasteiger partial charge on any atom is -0.480 e. The summed E-state index contributed by atoms with van der Waals surface area (Å²) in [4.78, 5) is 35.0. The van der Waals surface area contributed by atoms with E-state index in [1.807, 2.05) is 0 Å². The molecule has 0 aliphatic rings. The van der Waals surface area contributed by atoms with Crippen LogP contribution in [0.5, 0.6) is 0 Å². The highest BCUT2D eigenvalue weighted by Gasteiger charge is 2.37. The number of carbonyl (C=O) groups excluding carboxylic acids is 2. The van der Waals surface area contributed by atoms with Crippen LogP contribution < -0.4 is 5.73 Å². The molecule has 7 nitrogen and oxygen atoms in total. The Morgan fingerprint density at radius 3 is 1.52 bits per heavy atom. The summed E-state index contributed by atoms with van der Waals surface area (Å²) in [7, 11) is 0. The van der Waals surface area contributed by atoms with Crippen molar-refractivity contribution < 1.29 is 29.0 Å². The highest BCUT2D eigenvalue weighted by Crippen LogP contribution is 2.19. The number of rotatable bonds is 5. The fourth-order valence-corrected chi connectivity index (χ4v) is 1.39. The second-order valence-electron chi connectivity index (χ2n) is 6.80. The molecule has 0 saturated heterocycles. The van der Waals surface area contributed by atoms with Crippen molar-refractivity contribution in [3.63, 3.8) is 0 Å². The largest absolute Gasteiger partial charge is 0.480 e. The normalized spacial score (nSPS) is 13.7. The Morgan fingerprint density at radius 2 is 1.29 bits per heavy atom. The zero-order valence-corrected chi connectivity index (χ0v) is 13.4. The molecule has 0 aromatic rings. The first kappa shape index (κ1) is 19.4. The van der Waals surface area contributed by atoms with Crippen molar-refractivity contribution in [3.8, 4) is 0 Å².